The second kappa shape index (κ2) is 7.96. The van der Waals surface area contributed by atoms with Gasteiger partial charge in [-0.2, -0.15) is 9.78 Å². The molecule has 0 saturated heterocycles. The van der Waals surface area contributed by atoms with Crippen LogP contribution in [0, 0.1) is 6.92 Å². The van der Waals surface area contributed by atoms with Crippen LogP contribution in [0.3, 0.4) is 0 Å². The molecule has 5 rings (SSSR count). The molecule has 0 unspecified atom stereocenters. The van der Waals surface area contributed by atoms with E-state index in [-0.39, 0.29) is 11.2 Å². The van der Waals surface area contributed by atoms with E-state index in [1.165, 1.54) is 16.0 Å². The number of benzene rings is 2. The Balaban J connectivity index is 1.42. The van der Waals surface area contributed by atoms with Crippen molar-refractivity contribution in [1.29, 1.82) is 0 Å². The van der Waals surface area contributed by atoms with Gasteiger partial charge >= 0.3 is 5.56 Å². The van der Waals surface area contributed by atoms with Gasteiger partial charge in [0, 0.05) is 17.0 Å². The maximum atomic E-state index is 12.9. The van der Waals surface area contributed by atoms with Gasteiger partial charge in [-0.1, -0.05) is 60.7 Å². The predicted molar refractivity (Wildman–Crippen MR) is 120 cm³/mol. The number of azo groups is 1. The molecule has 0 amide bonds. The van der Waals surface area contributed by atoms with Gasteiger partial charge in [0.05, 0.1) is 17.1 Å². The van der Waals surface area contributed by atoms with Gasteiger partial charge in [0.15, 0.2) is 11.5 Å². The van der Waals surface area contributed by atoms with Gasteiger partial charge in [0.1, 0.15) is 0 Å². The summed E-state index contributed by atoms with van der Waals surface area (Å²) < 4.78 is 1.39. The number of nitrogens with one attached hydrogen (secondary N) is 2. The van der Waals surface area contributed by atoms with Crippen molar-refractivity contribution in [2.45, 2.75) is 6.92 Å². The lowest BCUT2D eigenvalue weighted by Crippen LogP contribution is -2.13. The van der Waals surface area contributed by atoms with Gasteiger partial charge in [-0.25, -0.2) is 4.98 Å². The van der Waals surface area contributed by atoms with Crippen LogP contribution in [0.25, 0.3) is 27.6 Å². The summed E-state index contributed by atoms with van der Waals surface area (Å²) in [6.45, 7) is 1.78. The molecule has 9 heteroatoms. The van der Waals surface area contributed by atoms with Gasteiger partial charge in [-0.15, -0.1) is 21.6 Å². The Morgan fingerprint density at radius 2 is 1.68 bits per heavy atom. The molecule has 0 radical (unpaired) electrons. The Labute approximate surface area is 180 Å². The quantitative estimate of drug-likeness (QED) is 0.367. The largest absolute Gasteiger partial charge is 0.301 e. The van der Waals surface area contributed by atoms with Crippen LogP contribution in [-0.2, 0) is 0 Å². The van der Waals surface area contributed by atoms with E-state index in [0.29, 0.717) is 16.6 Å². The third-order valence-electron chi connectivity index (χ3n) is 4.69. The third-order valence-corrected chi connectivity index (χ3v) is 5.52. The number of rotatable bonds is 5. The topological polar surface area (TPSA) is 104 Å². The summed E-state index contributed by atoms with van der Waals surface area (Å²) in [4.78, 5) is 17.5. The zero-order chi connectivity index (χ0) is 21.2. The maximum Gasteiger partial charge on any atom is 0.301 e. The molecular weight excluding hydrogens is 410 g/mol. The molecule has 2 N–H and O–H groups in total. The van der Waals surface area contributed by atoms with Crippen molar-refractivity contribution in [3.63, 3.8) is 0 Å². The Morgan fingerprint density at radius 3 is 2.42 bits per heavy atom. The Morgan fingerprint density at radius 1 is 0.968 bits per heavy atom. The van der Waals surface area contributed by atoms with Gasteiger partial charge in [0.2, 0.25) is 5.13 Å². The molecule has 31 heavy (non-hydrogen) atoms. The van der Waals surface area contributed by atoms with E-state index in [1.54, 1.807) is 13.0 Å². The van der Waals surface area contributed by atoms with Gasteiger partial charge in [-0.05, 0) is 12.5 Å². The number of nitrogens with zero attached hydrogens (tertiary/aromatic N) is 5. The molecule has 0 saturated carbocycles. The molecule has 8 nitrogen and oxygen atoms in total. The number of aromatic amines is 2. The molecule has 2 aromatic carbocycles. The van der Waals surface area contributed by atoms with E-state index < -0.39 is 0 Å². The molecule has 0 aliphatic rings. The Bertz CT molecular complexity index is 1410. The third kappa shape index (κ3) is 3.74. The second-order valence-corrected chi connectivity index (χ2v) is 7.65. The monoisotopic (exact) mass is 427 g/mol. The van der Waals surface area contributed by atoms with Crippen molar-refractivity contribution in [2.24, 2.45) is 10.2 Å². The smallest absolute Gasteiger partial charge is 0.291 e. The van der Waals surface area contributed by atoms with Gasteiger partial charge in [-0.3, -0.25) is 15.0 Å². The SMILES string of the molecule is Cc1[nH]n(-c2nc(-c3ccccc3)cs2)c(=O)c1N=Nc1cc(-c2ccccc2)[nH]n1. The normalized spacial score (nSPS) is 11.4. The zero-order valence-electron chi connectivity index (χ0n) is 16.5. The van der Waals surface area contributed by atoms with Crippen LogP contribution in [0.15, 0.2) is 87.1 Å². The minimum Gasteiger partial charge on any atom is -0.291 e. The molecule has 5 aromatic rings. The average molecular weight is 427 g/mol. The number of hydrogen-bond acceptors (Lipinski definition) is 6. The fourth-order valence-corrected chi connectivity index (χ4v) is 3.92. The first-order valence-corrected chi connectivity index (χ1v) is 10.4. The van der Waals surface area contributed by atoms with E-state index in [2.05, 4.69) is 30.5 Å². The Kier molecular flexibility index (Phi) is 4.85. The summed E-state index contributed by atoms with van der Waals surface area (Å²) in [5.74, 6) is 0.394. The molecule has 3 heterocycles. The van der Waals surface area contributed by atoms with Gasteiger partial charge < -0.3 is 0 Å². The second-order valence-electron chi connectivity index (χ2n) is 6.81. The van der Waals surface area contributed by atoms with Crippen LogP contribution >= 0.6 is 11.3 Å². The summed E-state index contributed by atoms with van der Waals surface area (Å²) in [6.07, 6.45) is 0. The molecule has 0 bridgehead atoms. The molecule has 0 aliphatic heterocycles. The number of aryl methyl sites for hydroxylation is 1. The number of hydrogen-bond donors (Lipinski definition) is 2. The van der Waals surface area contributed by atoms with E-state index in [4.69, 9.17) is 0 Å². The fraction of sp³-hybridized carbons (Fsp3) is 0.0455. The lowest BCUT2D eigenvalue weighted by molar-refractivity contribution is 0.827. The molecule has 0 spiro atoms. The summed E-state index contributed by atoms with van der Waals surface area (Å²) >= 11 is 1.38. The summed E-state index contributed by atoms with van der Waals surface area (Å²) in [6, 6.07) is 21.4. The van der Waals surface area contributed by atoms with E-state index in [1.807, 2.05) is 66.0 Å². The van der Waals surface area contributed by atoms with Crippen molar-refractivity contribution in [3.8, 4) is 27.6 Å². The van der Waals surface area contributed by atoms with Gasteiger partial charge in [0.25, 0.3) is 0 Å². The highest BCUT2D eigenvalue weighted by atomic mass is 32.1. The van der Waals surface area contributed by atoms with Crippen molar-refractivity contribution >= 4 is 22.8 Å². The van der Waals surface area contributed by atoms with Crippen LogP contribution < -0.4 is 5.56 Å². The fourth-order valence-electron chi connectivity index (χ4n) is 3.13. The van der Waals surface area contributed by atoms with Crippen molar-refractivity contribution in [2.75, 3.05) is 0 Å². The minimum absolute atomic E-state index is 0.223. The molecule has 152 valence electrons. The molecule has 0 aliphatic carbocycles. The number of thiazole rings is 1. The molecular formula is C22H17N7OS. The standard InChI is InChI=1S/C22H17N7OS/c1-14-20(27-26-19-12-17(24-25-19)15-8-4-2-5-9-15)21(30)29(28-14)22-23-18(13-31-22)16-10-6-3-7-11-16/h2-13,28H,1H3,(H,24,25). The van der Waals surface area contributed by atoms with Crippen LogP contribution in [0.4, 0.5) is 11.5 Å². The lowest BCUT2D eigenvalue weighted by atomic mass is 10.2. The van der Waals surface area contributed by atoms with E-state index in [9.17, 15) is 4.79 Å². The highest BCUT2D eigenvalue weighted by molar-refractivity contribution is 7.12. The van der Waals surface area contributed by atoms with Crippen LogP contribution in [-0.4, -0.2) is 25.0 Å². The first-order valence-electron chi connectivity index (χ1n) is 9.54. The maximum absolute atomic E-state index is 12.9. The van der Waals surface area contributed by atoms with E-state index in [0.717, 1.165) is 22.5 Å². The molecule has 0 fully saturated rings. The van der Waals surface area contributed by atoms with Crippen molar-refractivity contribution in [1.82, 2.24) is 25.0 Å². The highest BCUT2D eigenvalue weighted by Crippen LogP contribution is 2.25. The molecule has 0 atom stereocenters. The first-order chi connectivity index (χ1) is 15.2. The van der Waals surface area contributed by atoms with Crippen molar-refractivity contribution < 1.29 is 0 Å². The van der Waals surface area contributed by atoms with E-state index >= 15 is 0 Å². The average Bonchev–Trinajstić information content (AvgIpc) is 3.54. The summed E-state index contributed by atoms with van der Waals surface area (Å²) in [5, 5.41) is 20.9. The first kappa shape index (κ1) is 18.9. The van der Waals surface area contributed by atoms with Crippen LogP contribution in [0.5, 0.6) is 0 Å². The highest BCUT2D eigenvalue weighted by Gasteiger charge is 2.15. The summed E-state index contributed by atoms with van der Waals surface area (Å²) in [5.41, 5.74) is 4.14. The van der Waals surface area contributed by atoms with Crippen molar-refractivity contribution in [3.05, 3.63) is 88.2 Å². The Hall–Kier alpha value is -4.11. The number of aromatic nitrogens is 5. The molecule has 3 aromatic heterocycles. The lowest BCUT2D eigenvalue weighted by Gasteiger charge is -1.95. The van der Waals surface area contributed by atoms with Crippen LogP contribution in [0.1, 0.15) is 5.69 Å². The summed E-state index contributed by atoms with van der Waals surface area (Å²) in [7, 11) is 0. The predicted octanol–water partition coefficient (Wildman–Crippen LogP) is 5.40. The minimum atomic E-state index is -0.311. The number of H-pyrrole nitrogens is 2. The zero-order valence-corrected chi connectivity index (χ0v) is 17.3. The van der Waals surface area contributed by atoms with Crippen LogP contribution in [0.2, 0.25) is 0 Å².